The monoisotopic (exact) mass is 350 g/mol. The van der Waals surface area contributed by atoms with Crippen molar-refractivity contribution >= 4 is 29.1 Å². The molecule has 5 heteroatoms. The van der Waals surface area contributed by atoms with Gasteiger partial charge in [-0.25, -0.2) is 0 Å². The van der Waals surface area contributed by atoms with Gasteiger partial charge in [-0.1, -0.05) is 59.6 Å². The molecule has 1 amide bonds. The Morgan fingerprint density at radius 3 is 2.57 bits per heavy atom. The molecule has 0 bridgehead atoms. The van der Waals surface area contributed by atoms with Gasteiger partial charge in [0.05, 0.1) is 6.04 Å². The number of hydrogen-bond donors (Lipinski definition) is 2. The van der Waals surface area contributed by atoms with E-state index in [0.717, 1.165) is 18.4 Å². The number of carbonyl (C=O) groups excluding carboxylic acids is 1. The Labute approximate surface area is 146 Å². The summed E-state index contributed by atoms with van der Waals surface area (Å²) in [6.07, 6.45) is 2.20. The first kappa shape index (κ1) is 17.8. The van der Waals surface area contributed by atoms with Crippen molar-refractivity contribution in [3.8, 4) is 0 Å². The Morgan fingerprint density at radius 2 is 1.87 bits per heavy atom. The highest BCUT2D eigenvalue weighted by atomic mass is 35.5. The second-order valence-electron chi connectivity index (χ2n) is 5.43. The molecule has 0 aliphatic heterocycles. The molecular weight excluding hydrogens is 331 g/mol. The molecule has 0 saturated carbocycles. The first-order valence-electron chi connectivity index (χ1n) is 7.57. The fraction of sp³-hybridized carbons (Fsp3) is 0.278. The number of aryl methyl sites for hydroxylation is 1. The van der Waals surface area contributed by atoms with E-state index >= 15 is 0 Å². The van der Waals surface area contributed by atoms with Gasteiger partial charge in [-0.2, -0.15) is 0 Å². The van der Waals surface area contributed by atoms with Crippen molar-refractivity contribution in [1.82, 2.24) is 5.32 Å². The maximum atomic E-state index is 12.0. The van der Waals surface area contributed by atoms with Gasteiger partial charge in [0.1, 0.15) is 0 Å². The normalized spacial score (nSPS) is 12.0. The summed E-state index contributed by atoms with van der Waals surface area (Å²) in [6.45, 7) is 0.607. The van der Waals surface area contributed by atoms with Crippen molar-refractivity contribution in [2.45, 2.75) is 25.3 Å². The van der Waals surface area contributed by atoms with Crippen LogP contribution in [0.4, 0.5) is 0 Å². The number of hydrogen-bond acceptors (Lipinski definition) is 2. The maximum Gasteiger partial charge on any atom is 0.237 e. The van der Waals surface area contributed by atoms with Crippen LogP contribution in [0, 0.1) is 0 Å². The topological polar surface area (TPSA) is 55.1 Å². The van der Waals surface area contributed by atoms with Crippen LogP contribution in [-0.2, 0) is 17.6 Å². The van der Waals surface area contributed by atoms with Gasteiger partial charge in [0.2, 0.25) is 5.91 Å². The van der Waals surface area contributed by atoms with Crippen LogP contribution in [0.2, 0.25) is 10.0 Å². The average Bonchev–Trinajstić information content (AvgIpc) is 2.55. The molecule has 0 radical (unpaired) electrons. The van der Waals surface area contributed by atoms with Gasteiger partial charge >= 0.3 is 0 Å². The van der Waals surface area contributed by atoms with Gasteiger partial charge < -0.3 is 11.1 Å². The van der Waals surface area contributed by atoms with Crippen molar-refractivity contribution in [1.29, 1.82) is 0 Å². The minimum atomic E-state index is -0.620. The molecule has 0 aliphatic rings. The summed E-state index contributed by atoms with van der Waals surface area (Å²) in [5.41, 5.74) is 8.03. The quantitative estimate of drug-likeness (QED) is 0.749. The lowest BCUT2D eigenvalue weighted by molar-refractivity contribution is -0.122. The Kier molecular flexibility index (Phi) is 6.90. The SMILES string of the molecule is N[C@H](Cc1ccc(Cl)cc1Cl)C(=O)NCCCc1ccccc1. The molecule has 0 unspecified atom stereocenters. The first-order chi connectivity index (χ1) is 11.1. The van der Waals surface area contributed by atoms with E-state index in [1.165, 1.54) is 5.56 Å². The van der Waals surface area contributed by atoms with Crippen LogP contribution < -0.4 is 11.1 Å². The van der Waals surface area contributed by atoms with E-state index in [1.54, 1.807) is 18.2 Å². The fourth-order valence-electron chi connectivity index (χ4n) is 2.30. The lowest BCUT2D eigenvalue weighted by atomic mass is 10.1. The third kappa shape index (κ3) is 5.87. The summed E-state index contributed by atoms with van der Waals surface area (Å²) in [6, 6.07) is 14.8. The van der Waals surface area contributed by atoms with Crippen molar-refractivity contribution in [3.05, 3.63) is 69.7 Å². The number of nitrogens with two attached hydrogens (primary N) is 1. The van der Waals surface area contributed by atoms with E-state index in [0.29, 0.717) is 23.0 Å². The molecular formula is C18H20Cl2N2O. The van der Waals surface area contributed by atoms with Crippen LogP contribution in [0.25, 0.3) is 0 Å². The van der Waals surface area contributed by atoms with E-state index in [4.69, 9.17) is 28.9 Å². The van der Waals surface area contributed by atoms with Crippen molar-refractivity contribution in [2.75, 3.05) is 6.54 Å². The maximum absolute atomic E-state index is 12.0. The highest BCUT2D eigenvalue weighted by Gasteiger charge is 2.15. The third-order valence-corrected chi connectivity index (χ3v) is 4.16. The lowest BCUT2D eigenvalue weighted by Gasteiger charge is -2.13. The molecule has 0 aliphatic carbocycles. The second kappa shape index (κ2) is 8.92. The van der Waals surface area contributed by atoms with E-state index in [-0.39, 0.29) is 5.91 Å². The largest absolute Gasteiger partial charge is 0.355 e. The highest BCUT2D eigenvalue weighted by molar-refractivity contribution is 6.35. The molecule has 23 heavy (non-hydrogen) atoms. The minimum Gasteiger partial charge on any atom is -0.355 e. The van der Waals surface area contributed by atoms with Gasteiger partial charge in [0.15, 0.2) is 0 Å². The zero-order valence-corrected chi connectivity index (χ0v) is 14.3. The summed E-state index contributed by atoms with van der Waals surface area (Å²) in [5.74, 6) is -0.163. The molecule has 0 spiro atoms. The highest BCUT2D eigenvalue weighted by Crippen LogP contribution is 2.21. The van der Waals surface area contributed by atoms with Gasteiger partial charge in [-0.15, -0.1) is 0 Å². The lowest BCUT2D eigenvalue weighted by Crippen LogP contribution is -2.42. The minimum absolute atomic E-state index is 0.163. The molecule has 2 aromatic rings. The standard InChI is InChI=1S/C18H20Cl2N2O/c19-15-9-8-14(16(20)12-15)11-17(21)18(23)22-10-4-7-13-5-2-1-3-6-13/h1-3,5-6,8-9,12,17H,4,7,10-11,21H2,(H,22,23)/t17-/m1/s1. The van der Waals surface area contributed by atoms with Gasteiger partial charge in [-0.05, 0) is 42.5 Å². The summed E-state index contributed by atoms with van der Waals surface area (Å²) >= 11 is 12.0. The van der Waals surface area contributed by atoms with Crippen molar-refractivity contribution in [3.63, 3.8) is 0 Å². The first-order valence-corrected chi connectivity index (χ1v) is 8.33. The van der Waals surface area contributed by atoms with Crippen molar-refractivity contribution < 1.29 is 4.79 Å². The molecule has 0 saturated heterocycles. The van der Waals surface area contributed by atoms with E-state index in [9.17, 15) is 4.79 Å². The second-order valence-corrected chi connectivity index (χ2v) is 6.27. The van der Waals surface area contributed by atoms with Gasteiger partial charge in [0, 0.05) is 16.6 Å². The average molecular weight is 351 g/mol. The number of carbonyl (C=O) groups is 1. The fourth-order valence-corrected chi connectivity index (χ4v) is 2.78. The van der Waals surface area contributed by atoms with Gasteiger partial charge in [-0.3, -0.25) is 4.79 Å². The summed E-state index contributed by atoms with van der Waals surface area (Å²) in [5, 5.41) is 3.97. The predicted octanol–water partition coefficient (Wildman–Crippen LogP) is 3.61. The Morgan fingerprint density at radius 1 is 1.13 bits per heavy atom. The number of rotatable bonds is 7. The van der Waals surface area contributed by atoms with Gasteiger partial charge in [0.25, 0.3) is 0 Å². The molecule has 3 nitrogen and oxygen atoms in total. The molecule has 3 N–H and O–H groups in total. The zero-order chi connectivity index (χ0) is 16.7. The molecule has 2 rings (SSSR count). The predicted molar refractivity (Wildman–Crippen MR) is 95.9 cm³/mol. The van der Waals surface area contributed by atoms with E-state index < -0.39 is 6.04 Å². The Balaban J connectivity index is 1.74. The summed E-state index contributed by atoms with van der Waals surface area (Å²) in [7, 11) is 0. The Hall–Kier alpha value is -1.55. The number of benzene rings is 2. The molecule has 0 heterocycles. The smallest absolute Gasteiger partial charge is 0.237 e. The number of halogens is 2. The van der Waals surface area contributed by atoms with Crippen LogP contribution in [0.1, 0.15) is 17.5 Å². The number of amides is 1. The van der Waals surface area contributed by atoms with Crippen LogP contribution in [0.15, 0.2) is 48.5 Å². The van der Waals surface area contributed by atoms with E-state index in [1.807, 2.05) is 18.2 Å². The number of nitrogens with one attached hydrogen (secondary N) is 1. The van der Waals surface area contributed by atoms with Crippen LogP contribution in [-0.4, -0.2) is 18.5 Å². The summed E-state index contributed by atoms with van der Waals surface area (Å²) < 4.78 is 0. The van der Waals surface area contributed by atoms with Crippen molar-refractivity contribution in [2.24, 2.45) is 5.73 Å². The molecule has 0 aromatic heterocycles. The summed E-state index contributed by atoms with van der Waals surface area (Å²) in [4.78, 5) is 12.0. The molecule has 2 aromatic carbocycles. The Bertz CT molecular complexity index is 647. The van der Waals surface area contributed by atoms with Crippen LogP contribution in [0.3, 0.4) is 0 Å². The van der Waals surface area contributed by atoms with Crippen LogP contribution >= 0.6 is 23.2 Å². The zero-order valence-electron chi connectivity index (χ0n) is 12.8. The molecule has 1 atom stereocenters. The van der Waals surface area contributed by atoms with Crippen LogP contribution in [0.5, 0.6) is 0 Å². The molecule has 122 valence electrons. The molecule has 0 fully saturated rings. The third-order valence-electron chi connectivity index (χ3n) is 3.58. The van der Waals surface area contributed by atoms with E-state index in [2.05, 4.69) is 17.4 Å².